The number of hydrogen-bond donors (Lipinski definition) is 1. The summed E-state index contributed by atoms with van der Waals surface area (Å²) in [5.74, 6) is -1.41. The highest BCUT2D eigenvalue weighted by Crippen LogP contribution is 2.29. The molecule has 4 rings (SSSR count). The van der Waals surface area contributed by atoms with E-state index in [9.17, 15) is 18.0 Å². The molecule has 0 heterocycles. The summed E-state index contributed by atoms with van der Waals surface area (Å²) in [4.78, 5) is 29.8. The van der Waals surface area contributed by atoms with Crippen molar-refractivity contribution < 1.29 is 22.4 Å². The number of carbonyl (C=O) groups is 2. The number of hydrogen-bond acceptors (Lipinski definition) is 4. The molecule has 2 amide bonds. The Balaban J connectivity index is 1.83. The Morgan fingerprint density at radius 2 is 1.43 bits per heavy atom. The van der Waals surface area contributed by atoms with Gasteiger partial charge in [-0.3, -0.25) is 13.9 Å². The number of amides is 2. The zero-order valence-electron chi connectivity index (χ0n) is 26.8. The molecule has 0 aliphatic carbocycles. The Morgan fingerprint density at radius 3 is 2.07 bits per heavy atom. The van der Waals surface area contributed by atoms with Crippen molar-refractivity contribution in [2.75, 3.05) is 17.4 Å². The van der Waals surface area contributed by atoms with E-state index >= 15 is 4.39 Å². The molecule has 9 heteroatoms. The van der Waals surface area contributed by atoms with Gasteiger partial charge < -0.3 is 10.2 Å². The van der Waals surface area contributed by atoms with Crippen LogP contribution in [-0.2, 0) is 39.0 Å². The van der Waals surface area contributed by atoms with Gasteiger partial charge in [-0.15, -0.1) is 0 Å². The molecule has 0 radical (unpaired) electrons. The fourth-order valence-electron chi connectivity index (χ4n) is 5.19. The lowest BCUT2D eigenvalue weighted by atomic mass is 10.0. The molecule has 1 atom stereocenters. The van der Waals surface area contributed by atoms with Crippen LogP contribution in [-0.4, -0.2) is 44.3 Å². The minimum Gasteiger partial charge on any atom is -0.354 e. The molecule has 242 valence electrons. The quantitative estimate of drug-likeness (QED) is 0.175. The Labute approximate surface area is 272 Å². The molecule has 1 N–H and O–H groups in total. The third-order valence-electron chi connectivity index (χ3n) is 7.78. The predicted molar refractivity (Wildman–Crippen MR) is 180 cm³/mol. The van der Waals surface area contributed by atoms with E-state index in [0.29, 0.717) is 18.7 Å². The minimum absolute atomic E-state index is 0.0352. The monoisotopic (exact) mass is 643 g/mol. The van der Waals surface area contributed by atoms with Gasteiger partial charge in [0, 0.05) is 25.1 Å². The summed E-state index contributed by atoms with van der Waals surface area (Å²) in [6, 6.07) is 27.8. The van der Waals surface area contributed by atoms with Crippen LogP contribution in [0.3, 0.4) is 0 Å². The number of anilines is 1. The number of rotatable bonds is 14. The van der Waals surface area contributed by atoms with Crippen molar-refractivity contribution in [1.82, 2.24) is 10.2 Å². The molecule has 0 saturated heterocycles. The van der Waals surface area contributed by atoms with E-state index in [1.165, 1.54) is 23.1 Å². The summed E-state index contributed by atoms with van der Waals surface area (Å²) in [7, 11) is -4.23. The molecule has 0 saturated carbocycles. The first-order valence-electron chi connectivity index (χ1n) is 15.5. The number of para-hydroxylation sites is 1. The standard InChI is InChI=1S/C37H42FN3O4S/c1-5-30-15-10-12-18-34(30)41(46(44,45)32-21-19-28(4)20-22-32)26-36(42)40(25-31-16-9-11-17-33(31)38)35(37(43)39-24-27(2)3)23-29-13-7-6-8-14-29/h6-22,27,35H,5,23-26H2,1-4H3,(H,39,43). The van der Waals surface area contributed by atoms with Crippen molar-refractivity contribution in [3.05, 3.63) is 131 Å². The van der Waals surface area contributed by atoms with Crippen LogP contribution in [0.1, 0.15) is 43.0 Å². The Kier molecular flexibility index (Phi) is 11.7. The van der Waals surface area contributed by atoms with Crippen LogP contribution < -0.4 is 9.62 Å². The lowest BCUT2D eigenvalue weighted by molar-refractivity contribution is -0.140. The molecule has 0 aliphatic heterocycles. The lowest BCUT2D eigenvalue weighted by Crippen LogP contribution is -2.54. The SMILES string of the molecule is CCc1ccccc1N(CC(=O)N(Cc1ccccc1F)C(Cc1ccccc1)C(=O)NCC(C)C)S(=O)(=O)c1ccc(C)cc1. The molecule has 4 aromatic carbocycles. The van der Waals surface area contributed by atoms with Crippen molar-refractivity contribution in [2.45, 2.75) is 58.0 Å². The number of sulfonamides is 1. The maximum absolute atomic E-state index is 15.1. The van der Waals surface area contributed by atoms with Crippen molar-refractivity contribution >= 4 is 27.5 Å². The number of nitrogens with zero attached hydrogens (tertiary/aromatic N) is 2. The summed E-state index contributed by atoms with van der Waals surface area (Å²) in [5, 5.41) is 2.94. The number of aryl methyl sites for hydroxylation is 2. The van der Waals surface area contributed by atoms with Crippen molar-refractivity contribution in [3.63, 3.8) is 0 Å². The first kappa shape index (κ1) is 34.4. The van der Waals surface area contributed by atoms with Crippen LogP contribution >= 0.6 is 0 Å². The first-order valence-corrected chi connectivity index (χ1v) is 17.0. The Bertz CT molecular complexity index is 1730. The van der Waals surface area contributed by atoms with Gasteiger partial charge in [0.15, 0.2) is 0 Å². The van der Waals surface area contributed by atoms with Crippen LogP contribution in [0.5, 0.6) is 0 Å². The lowest BCUT2D eigenvalue weighted by Gasteiger charge is -2.34. The smallest absolute Gasteiger partial charge is 0.264 e. The van der Waals surface area contributed by atoms with Gasteiger partial charge in [0.2, 0.25) is 11.8 Å². The van der Waals surface area contributed by atoms with Gasteiger partial charge >= 0.3 is 0 Å². The van der Waals surface area contributed by atoms with E-state index in [-0.39, 0.29) is 29.3 Å². The number of nitrogens with one attached hydrogen (secondary N) is 1. The fourth-order valence-corrected chi connectivity index (χ4v) is 6.64. The van der Waals surface area contributed by atoms with Gasteiger partial charge in [-0.25, -0.2) is 12.8 Å². The summed E-state index contributed by atoms with van der Waals surface area (Å²) in [5.41, 5.74) is 3.02. The molecule has 0 bridgehead atoms. The van der Waals surface area contributed by atoms with Crippen LogP contribution in [0.4, 0.5) is 10.1 Å². The van der Waals surface area contributed by atoms with E-state index in [4.69, 9.17) is 0 Å². The van der Waals surface area contributed by atoms with Gasteiger partial charge in [-0.05, 0) is 54.7 Å². The summed E-state index contributed by atoms with van der Waals surface area (Å²) >= 11 is 0. The molecule has 7 nitrogen and oxygen atoms in total. The van der Waals surface area contributed by atoms with Crippen LogP contribution in [0.25, 0.3) is 0 Å². The van der Waals surface area contributed by atoms with Gasteiger partial charge in [0.1, 0.15) is 18.4 Å². The second kappa shape index (κ2) is 15.7. The highest BCUT2D eigenvalue weighted by molar-refractivity contribution is 7.92. The molecule has 0 aliphatic rings. The number of halogens is 1. The van der Waals surface area contributed by atoms with Crippen molar-refractivity contribution in [1.29, 1.82) is 0 Å². The maximum Gasteiger partial charge on any atom is 0.264 e. The van der Waals surface area contributed by atoms with Crippen molar-refractivity contribution in [2.24, 2.45) is 5.92 Å². The predicted octanol–water partition coefficient (Wildman–Crippen LogP) is 6.30. The summed E-state index contributed by atoms with van der Waals surface area (Å²) in [6.45, 7) is 7.26. The molecule has 0 aromatic heterocycles. The fraction of sp³-hybridized carbons (Fsp3) is 0.297. The van der Waals surface area contributed by atoms with E-state index in [1.807, 2.05) is 70.2 Å². The Morgan fingerprint density at radius 1 is 0.826 bits per heavy atom. The molecule has 4 aromatic rings. The van der Waals surface area contributed by atoms with Gasteiger partial charge in [0.25, 0.3) is 10.0 Å². The summed E-state index contributed by atoms with van der Waals surface area (Å²) in [6.07, 6.45) is 0.679. The third kappa shape index (κ3) is 8.60. The molecule has 0 fully saturated rings. The second-order valence-corrected chi connectivity index (χ2v) is 13.6. The van der Waals surface area contributed by atoms with Crippen LogP contribution in [0.15, 0.2) is 108 Å². The minimum atomic E-state index is -4.23. The van der Waals surface area contributed by atoms with Gasteiger partial charge in [0.05, 0.1) is 10.6 Å². The van der Waals surface area contributed by atoms with Gasteiger partial charge in [-0.1, -0.05) is 105 Å². The molecule has 46 heavy (non-hydrogen) atoms. The van der Waals surface area contributed by atoms with E-state index < -0.39 is 40.2 Å². The molecule has 1 unspecified atom stereocenters. The highest BCUT2D eigenvalue weighted by Gasteiger charge is 2.35. The normalized spacial score (nSPS) is 12.0. The molecular formula is C37H42FN3O4S. The topological polar surface area (TPSA) is 86.8 Å². The number of carbonyl (C=O) groups excluding carboxylic acids is 2. The molecule has 0 spiro atoms. The van der Waals surface area contributed by atoms with Crippen molar-refractivity contribution in [3.8, 4) is 0 Å². The largest absolute Gasteiger partial charge is 0.354 e. The van der Waals surface area contributed by atoms with E-state index in [1.54, 1.807) is 42.5 Å². The van der Waals surface area contributed by atoms with E-state index in [2.05, 4.69) is 5.32 Å². The highest BCUT2D eigenvalue weighted by atomic mass is 32.2. The first-order chi connectivity index (χ1) is 22.0. The van der Waals surface area contributed by atoms with E-state index in [0.717, 1.165) is 21.0 Å². The average molecular weight is 644 g/mol. The van der Waals surface area contributed by atoms with Gasteiger partial charge in [-0.2, -0.15) is 0 Å². The summed E-state index contributed by atoms with van der Waals surface area (Å²) < 4.78 is 44.7. The second-order valence-electron chi connectivity index (χ2n) is 11.8. The van der Waals surface area contributed by atoms with Crippen LogP contribution in [0, 0.1) is 18.7 Å². The number of benzene rings is 4. The average Bonchev–Trinajstić information content (AvgIpc) is 3.05. The Hall–Kier alpha value is -4.50. The zero-order valence-corrected chi connectivity index (χ0v) is 27.6. The molecular weight excluding hydrogens is 601 g/mol. The third-order valence-corrected chi connectivity index (χ3v) is 9.56. The maximum atomic E-state index is 15.1. The van der Waals surface area contributed by atoms with Crippen LogP contribution in [0.2, 0.25) is 0 Å². The zero-order chi connectivity index (χ0) is 33.3.